The minimum atomic E-state index is -0.171. The zero-order valence-corrected chi connectivity index (χ0v) is 7.56. The van der Waals surface area contributed by atoms with Gasteiger partial charge in [0.05, 0.1) is 0 Å². The molecular weight excluding hydrogens is 172 g/mol. The fourth-order valence-corrected chi connectivity index (χ4v) is 0.817. The summed E-state index contributed by atoms with van der Waals surface area (Å²) in [7, 11) is 3.46. The topological polar surface area (TPSA) is 89.1 Å². The van der Waals surface area contributed by atoms with Gasteiger partial charge in [-0.05, 0) is 0 Å². The van der Waals surface area contributed by atoms with Crippen LogP contribution in [0.2, 0.25) is 0 Å². The first-order chi connectivity index (χ1) is 6.08. The lowest BCUT2D eigenvalue weighted by Crippen LogP contribution is -2.38. The Kier molecular flexibility index (Phi) is 2.80. The number of carbonyl (C=O) groups excluding carboxylic acids is 1. The summed E-state index contributed by atoms with van der Waals surface area (Å²) in [4.78, 5) is 14.8. The van der Waals surface area contributed by atoms with Crippen LogP contribution < -0.4 is 11.2 Å². The van der Waals surface area contributed by atoms with Gasteiger partial charge in [-0.3, -0.25) is 10.2 Å². The molecule has 7 heteroatoms. The van der Waals surface area contributed by atoms with Crippen LogP contribution >= 0.6 is 0 Å². The highest BCUT2D eigenvalue weighted by molar-refractivity contribution is 5.74. The van der Waals surface area contributed by atoms with E-state index < -0.39 is 0 Å². The Morgan fingerprint density at radius 2 is 2.46 bits per heavy atom. The van der Waals surface area contributed by atoms with Crippen molar-refractivity contribution >= 4 is 11.9 Å². The molecule has 0 radical (unpaired) electrons. The van der Waals surface area contributed by atoms with Crippen molar-refractivity contribution < 1.29 is 4.79 Å². The number of anilines is 1. The van der Waals surface area contributed by atoms with Gasteiger partial charge in [-0.25, -0.2) is 14.7 Å². The molecule has 0 bridgehead atoms. The van der Waals surface area contributed by atoms with Gasteiger partial charge in [-0.1, -0.05) is 0 Å². The number of hydrazine groups is 1. The molecule has 0 aliphatic carbocycles. The van der Waals surface area contributed by atoms with Crippen molar-refractivity contribution in [3.63, 3.8) is 0 Å². The molecule has 0 saturated carbocycles. The van der Waals surface area contributed by atoms with Crippen molar-refractivity contribution in [2.24, 2.45) is 0 Å². The second kappa shape index (κ2) is 3.85. The summed E-state index contributed by atoms with van der Waals surface area (Å²) < 4.78 is 1.37. The van der Waals surface area contributed by atoms with Crippen LogP contribution in [0, 0.1) is 0 Å². The summed E-state index contributed by atoms with van der Waals surface area (Å²) in [6.07, 6.45) is 1.41. The van der Waals surface area contributed by atoms with Crippen LogP contribution in [0.1, 0.15) is 0 Å². The number of nitrogen functional groups attached to an aromatic ring is 1. The maximum atomic E-state index is 11.1. The molecule has 1 amide bonds. The van der Waals surface area contributed by atoms with Crippen LogP contribution in [-0.4, -0.2) is 39.8 Å². The first kappa shape index (κ1) is 9.46. The molecule has 13 heavy (non-hydrogen) atoms. The van der Waals surface area contributed by atoms with Crippen LogP contribution in [-0.2, 0) is 11.3 Å². The monoisotopic (exact) mass is 184 g/mol. The van der Waals surface area contributed by atoms with E-state index in [0.717, 1.165) is 0 Å². The lowest BCUT2D eigenvalue weighted by atomic mass is 10.6. The summed E-state index contributed by atoms with van der Waals surface area (Å²) in [6.45, 7) is 0.113. The standard InChI is InChI=1S/C6H12N6O/c1-11(2)9-5(13)3-12-4-8-6(7)10-12/h4H,3H2,1-2H3,(H2,7,10)(H,9,13). The maximum Gasteiger partial charge on any atom is 0.256 e. The number of aromatic nitrogens is 3. The highest BCUT2D eigenvalue weighted by Crippen LogP contribution is 1.88. The highest BCUT2D eigenvalue weighted by atomic mass is 16.2. The van der Waals surface area contributed by atoms with Crippen LogP contribution in [0.15, 0.2) is 6.33 Å². The smallest absolute Gasteiger partial charge is 0.256 e. The Hall–Kier alpha value is -1.63. The Labute approximate surface area is 75.5 Å². The Bertz CT molecular complexity index is 293. The van der Waals surface area contributed by atoms with E-state index in [9.17, 15) is 4.79 Å². The molecule has 1 heterocycles. The van der Waals surface area contributed by atoms with Gasteiger partial charge in [0.2, 0.25) is 5.95 Å². The van der Waals surface area contributed by atoms with Gasteiger partial charge in [-0.2, -0.15) is 0 Å². The fraction of sp³-hybridized carbons (Fsp3) is 0.500. The Morgan fingerprint density at radius 3 is 2.92 bits per heavy atom. The van der Waals surface area contributed by atoms with E-state index in [4.69, 9.17) is 5.73 Å². The van der Waals surface area contributed by atoms with Gasteiger partial charge < -0.3 is 5.73 Å². The quantitative estimate of drug-likeness (QED) is 0.555. The molecule has 0 aliphatic heterocycles. The lowest BCUT2D eigenvalue weighted by Gasteiger charge is -2.10. The van der Waals surface area contributed by atoms with Gasteiger partial charge in [0.25, 0.3) is 5.91 Å². The summed E-state index contributed by atoms with van der Waals surface area (Å²) in [6, 6.07) is 0. The highest BCUT2D eigenvalue weighted by Gasteiger charge is 2.04. The third-order valence-electron chi connectivity index (χ3n) is 1.21. The number of amides is 1. The molecule has 0 saturated heterocycles. The van der Waals surface area contributed by atoms with E-state index in [1.165, 1.54) is 11.0 Å². The normalized spacial score (nSPS) is 10.4. The average Bonchev–Trinajstić information content (AvgIpc) is 2.33. The molecule has 72 valence electrons. The Balaban J connectivity index is 2.45. The molecule has 7 nitrogen and oxygen atoms in total. The van der Waals surface area contributed by atoms with E-state index >= 15 is 0 Å². The average molecular weight is 184 g/mol. The molecular formula is C6H12N6O. The number of hydrogen-bond donors (Lipinski definition) is 2. The third-order valence-corrected chi connectivity index (χ3v) is 1.21. The van der Waals surface area contributed by atoms with Crippen molar-refractivity contribution in [2.45, 2.75) is 6.54 Å². The second-order valence-electron chi connectivity index (χ2n) is 2.73. The van der Waals surface area contributed by atoms with Gasteiger partial charge in [0, 0.05) is 14.1 Å². The molecule has 0 atom stereocenters. The zero-order chi connectivity index (χ0) is 9.84. The summed E-state index contributed by atoms with van der Waals surface area (Å²) in [5.41, 5.74) is 7.84. The van der Waals surface area contributed by atoms with Gasteiger partial charge >= 0.3 is 0 Å². The van der Waals surface area contributed by atoms with Crippen molar-refractivity contribution in [2.75, 3.05) is 19.8 Å². The SMILES string of the molecule is CN(C)NC(=O)Cn1cnc(N)n1. The molecule has 3 N–H and O–H groups in total. The minimum Gasteiger partial charge on any atom is -0.367 e. The van der Waals surface area contributed by atoms with Gasteiger partial charge in [0.15, 0.2) is 0 Å². The van der Waals surface area contributed by atoms with E-state index in [0.29, 0.717) is 0 Å². The number of carbonyl (C=O) groups is 1. The zero-order valence-electron chi connectivity index (χ0n) is 7.56. The first-order valence-electron chi connectivity index (χ1n) is 3.69. The first-order valence-corrected chi connectivity index (χ1v) is 3.69. The third kappa shape index (κ3) is 3.08. The summed E-state index contributed by atoms with van der Waals surface area (Å²) in [5.74, 6) is -0.00690. The van der Waals surface area contributed by atoms with E-state index in [1.807, 2.05) is 0 Å². The molecule has 1 aromatic heterocycles. The number of nitrogens with two attached hydrogens (primary N) is 1. The van der Waals surface area contributed by atoms with Crippen molar-refractivity contribution in [3.05, 3.63) is 6.33 Å². The fourth-order valence-electron chi connectivity index (χ4n) is 0.817. The molecule has 0 spiro atoms. The van der Waals surface area contributed by atoms with E-state index in [1.54, 1.807) is 19.1 Å². The van der Waals surface area contributed by atoms with Crippen LogP contribution in [0.5, 0.6) is 0 Å². The predicted octanol–water partition coefficient (Wildman–Crippen LogP) is -1.55. The number of nitrogens with one attached hydrogen (secondary N) is 1. The molecule has 0 fully saturated rings. The minimum absolute atomic E-state index is 0.113. The van der Waals surface area contributed by atoms with Gasteiger partial charge in [-0.15, -0.1) is 5.10 Å². The molecule has 1 rings (SSSR count). The number of nitrogens with zero attached hydrogens (tertiary/aromatic N) is 4. The van der Waals surface area contributed by atoms with Crippen molar-refractivity contribution in [3.8, 4) is 0 Å². The van der Waals surface area contributed by atoms with Crippen LogP contribution in [0.3, 0.4) is 0 Å². The number of rotatable bonds is 3. The predicted molar refractivity (Wildman–Crippen MR) is 46.3 cm³/mol. The molecule has 0 unspecified atom stereocenters. The largest absolute Gasteiger partial charge is 0.367 e. The van der Waals surface area contributed by atoms with Crippen LogP contribution in [0.4, 0.5) is 5.95 Å². The lowest BCUT2D eigenvalue weighted by molar-refractivity contribution is -0.125. The molecule has 0 aliphatic rings. The van der Waals surface area contributed by atoms with E-state index in [2.05, 4.69) is 15.5 Å². The maximum absolute atomic E-state index is 11.1. The summed E-state index contributed by atoms with van der Waals surface area (Å²) in [5, 5.41) is 5.32. The van der Waals surface area contributed by atoms with Gasteiger partial charge in [0.1, 0.15) is 12.9 Å². The molecule has 1 aromatic rings. The second-order valence-corrected chi connectivity index (χ2v) is 2.73. The van der Waals surface area contributed by atoms with Crippen LogP contribution in [0.25, 0.3) is 0 Å². The number of hydrogen-bond acceptors (Lipinski definition) is 5. The van der Waals surface area contributed by atoms with E-state index in [-0.39, 0.29) is 18.4 Å². The van der Waals surface area contributed by atoms with Crippen molar-refractivity contribution in [1.29, 1.82) is 0 Å². The van der Waals surface area contributed by atoms with Crippen molar-refractivity contribution in [1.82, 2.24) is 25.2 Å². The summed E-state index contributed by atoms with van der Waals surface area (Å²) >= 11 is 0. The molecule has 0 aromatic carbocycles. The Morgan fingerprint density at radius 1 is 1.77 bits per heavy atom.